The molecule has 1 aliphatic rings. The molecule has 4 heteroatoms. The van der Waals surface area contributed by atoms with E-state index in [-0.39, 0.29) is 23.8 Å². The largest absolute Gasteiger partial charge is 0.355 e. The fourth-order valence-electron chi connectivity index (χ4n) is 2.68. The molecule has 0 aromatic heterocycles. The topological polar surface area (TPSA) is 58.2 Å². The third-order valence-electron chi connectivity index (χ3n) is 4.21. The van der Waals surface area contributed by atoms with Crippen molar-refractivity contribution in [3.05, 3.63) is 35.9 Å². The van der Waals surface area contributed by atoms with Crippen LogP contribution >= 0.6 is 0 Å². The van der Waals surface area contributed by atoms with Crippen LogP contribution < -0.4 is 10.6 Å². The zero-order valence-electron chi connectivity index (χ0n) is 13.5. The van der Waals surface area contributed by atoms with Crippen LogP contribution in [-0.4, -0.2) is 18.4 Å². The summed E-state index contributed by atoms with van der Waals surface area (Å²) in [7, 11) is 0. The number of hydrogen-bond acceptors (Lipinski definition) is 2. The van der Waals surface area contributed by atoms with Crippen molar-refractivity contribution in [3.63, 3.8) is 0 Å². The van der Waals surface area contributed by atoms with Gasteiger partial charge in [-0.25, -0.2) is 0 Å². The van der Waals surface area contributed by atoms with E-state index in [2.05, 4.69) is 24.5 Å². The van der Waals surface area contributed by atoms with E-state index in [9.17, 15) is 9.59 Å². The second-order valence-corrected chi connectivity index (χ2v) is 6.18. The van der Waals surface area contributed by atoms with Crippen LogP contribution in [0.3, 0.4) is 0 Å². The molecular weight excluding hydrogens is 276 g/mol. The summed E-state index contributed by atoms with van der Waals surface area (Å²) in [6.07, 6.45) is 3.24. The molecule has 0 saturated heterocycles. The normalized spacial score (nSPS) is 21.0. The van der Waals surface area contributed by atoms with Gasteiger partial charge in [0, 0.05) is 18.9 Å². The Kier molecular flexibility index (Phi) is 5.99. The van der Waals surface area contributed by atoms with Gasteiger partial charge in [-0.3, -0.25) is 9.59 Å². The smallest absolute Gasteiger partial charge is 0.223 e. The molecule has 2 rings (SSSR count). The first-order valence-electron chi connectivity index (χ1n) is 8.23. The van der Waals surface area contributed by atoms with Gasteiger partial charge in [-0.05, 0) is 24.3 Å². The van der Waals surface area contributed by atoms with Crippen LogP contribution in [0.5, 0.6) is 0 Å². The Morgan fingerprint density at radius 1 is 1.27 bits per heavy atom. The summed E-state index contributed by atoms with van der Waals surface area (Å²) in [5.41, 5.74) is 1.13. The van der Waals surface area contributed by atoms with Crippen LogP contribution in [-0.2, 0) is 9.59 Å². The predicted octanol–water partition coefficient (Wildman–Crippen LogP) is 2.81. The standard InChI is InChI=1S/C18H26N2O2/c1-3-7-16(14-8-5-4-6-9-14)20-17(21)10-11-19-18(22)15-12-13(15)2/h4-6,8-9,13,15-16H,3,7,10-12H2,1-2H3,(H,19,22)(H,20,21)/t13-,15+,16-/m0/s1. The SMILES string of the molecule is CCC[C@H](NC(=O)CCNC(=O)[C@@H]1C[C@@H]1C)c1ccccc1. The maximum Gasteiger partial charge on any atom is 0.223 e. The van der Waals surface area contributed by atoms with Gasteiger partial charge in [0.25, 0.3) is 0 Å². The van der Waals surface area contributed by atoms with E-state index in [1.54, 1.807) is 0 Å². The summed E-state index contributed by atoms with van der Waals surface area (Å²) in [6.45, 7) is 4.60. The molecule has 0 unspecified atom stereocenters. The van der Waals surface area contributed by atoms with Crippen molar-refractivity contribution in [1.82, 2.24) is 10.6 Å². The van der Waals surface area contributed by atoms with Crippen LogP contribution in [0, 0.1) is 11.8 Å². The monoisotopic (exact) mass is 302 g/mol. The van der Waals surface area contributed by atoms with Crippen LogP contribution in [0.2, 0.25) is 0 Å². The Bertz CT molecular complexity index is 501. The van der Waals surface area contributed by atoms with Gasteiger partial charge in [-0.2, -0.15) is 0 Å². The van der Waals surface area contributed by atoms with E-state index >= 15 is 0 Å². The van der Waals surface area contributed by atoms with Crippen molar-refractivity contribution in [2.75, 3.05) is 6.54 Å². The first kappa shape index (κ1) is 16.5. The minimum Gasteiger partial charge on any atom is -0.355 e. The average Bonchev–Trinajstić information content (AvgIpc) is 3.25. The number of hydrogen-bond donors (Lipinski definition) is 2. The molecule has 0 heterocycles. The lowest BCUT2D eigenvalue weighted by molar-refractivity contribution is -0.123. The van der Waals surface area contributed by atoms with Crippen molar-refractivity contribution >= 4 is 11.8 Å². The maximum atomic E-state index is 12.1. The van der Waals surface area contributed by atoms with E-state index in [0.717, 1.165) is 24.8 Å². The molecule has 22 heavy (non-hydrogen) atoms. The highest BCUT2D eigenvalue weighted by atomic mass is 16.2. The summed E-state index contributed by atoms with van der Waals surface area (Å²) in [6, 6.07) is 10.1. The highest BCUT2D eigenvalue weighted by molar-refractivity contribution is 5.82. The minimum absolute atomic E-state index is 0.00792. The lowest BCUT2D eigenvalue weighted by Crippen LogP contribution is -2.33. The lowest BCUT2D eigenvalue weighted by atomic mass is 10.0. The number of amides is 2. The van der Waals surface area contributed by atoms with Crippen molar-refractivity contribution in [2.45, 2.75) is 45.6 Å². The van der Waals surface area contributed by atoms with E-state index in [1.165, 1.54) is 0 Å². The minimum atomic E-state index is -0.00792. The Labute approximate surface area is 132 Å². The lowest BCUT2D eigenvalue weighted by Gasteiger charge is -2.18. The summed E-state index contributed by atoms with van der Waals surface area (Å²) >= 11 is 0. The van der Waals surface area contributed by atoms with Gasteiger partial charge in [0.1, 0.15) is 0 Å². The Morgan fingerprint density at radius 3 is 2.55 bits per heavy atom. The summed E-state index contributed by atoms with van der Waals surface area (Å²) in [5.74, 6) is 0.751. The average molecular weight is 302 g/mol. The van der Waals surface area contributed by atoms with E-state index < -0.39 is 0 Å². The zero-order valence-corrected chi connectivity index (χ0v) is 13.5. The molecule has 1 fully saturated rings. The van der Waals surface area contributed by atoms with E-state index in [4.69, 9.17) is 0 Å². The number of benzene rings is 1. The maximum absolute atomic E-state index is 12.1. The molecule has 0 spiro atoms. The number of carbonyl (C=O) groups is 2. The quantitative estimate of drug-likeness (QED) is 0.776. The molecule has 0 aliphatic heterocycles. The van der Waals surface area contributed by atoms with Crippen molar-refractivity contribution in [3.8, 4) is 0 Å². The van der Waals surface area contributed by atoms with Crippen molar-refractivity contribution in [1.29, 1.82) is 0 Å². The van der Waals surface area contributed by atoms with E-state index in [1.807, 2.05) is 30.3 Å². The first-order chi connectivity index (χ1) is 10.6. The Hall–Kier alpha value is -1.84. The predicted molar refractivity (Wildman–Crippen MR) is 87.1 cm³/mol. The number of carbonyl (C=O) groups excluding carboxylic acids is 2. The van der Waals surface area contributed by atoms with Gasteiger partial charge in [-0.15, -0.1) is 0 Å². The van der Waals surface area contributed by atoms with Gasteiger partial charge in [0.15, 0.2) is 0 Å². The second kappa shape index (κ2) is 7.97. The van der Waals surface area contributed by atoms with Crippen molar-refractivity contribution in [2.24, 2.45) is 11.8 Å². The van der Waals surface area contributed by atoms with Gasteiger partial charge in [-0.1, -0.05) is 50.6 Å². The molecule has 0 radical (unpaired) electrons. The molecule has 1 aromatic carbocycles. The molecular formula is C18H26N2O2. The second-order valence-electron chi connectivity index (χ2n) is 6.18. The third-order valence-corrected chi connectivity index (χ3v) is 4.21. The molecule has 0 bridgehead atoms. The molecule has 3 atom stereocenters. The first-order valence-corrected chi connectivity index (χ1v) is 8.23. The van der Waals surface area contributed by atoms with Gasteiger partial charge in [0.05, 0.1) is 6.04 Å². The Morgan fingerprint density at radius 2 is 1.95 bits per heavy atom. The highest BCUT2D eigenvalue weighted by Crippen LogP contribution is 2.37. The van der Waals surface area contributed by atoms with Crippen LogP contribution in [0.4, 0.5) is 0 Å². The fraction of sp³-hybridized carbons (Fsp3) is 0.556. The molecule has 2 N–H and O–H groups in total. The highest BCUT2D eigenvalue weighted by Gasteiger charge is 2.38. The molecule has 1 aliphatic carbocycles. The third kappa shape index (κ3) is 4.86. The van der Waals surface area contributed by atoms with Gasteiger partial charge >= 0.3 is 0 Å². The summed E-state index contributed by atoms with van der Waals surface area (Å²) in [4.78, 5) is 23.8. The fourth-order valence-corrected chi connectivity index (χ4v) is 2.68. The molecule has 2 amide bonds. The van der Waals surface area contributed by atoms with E-state index in [0.29, 0.717) is 18.9 Å². The number of nitrogens with one attached hydrogen (secondary N) is 2. The van der Waals surface area contributed by atoms with Gasteiger partial charge < -0.3 is 10.6 Å². The number of rotatable bonds is 8. The molecule has 1 aromatic rings. The zero-order chi connectivity index (χ0) is 15.9. The van der Waals surface area contributed by atoms with Crippen LogP contribution in [0.1, 0.15) is 51.1 Å². The molecule has 4 nitrogen and oxygen atoms in total. The van der Waals surface area contributed by atoms with Crippen molar-refractivity contribution < 1.29 is 9.59 Å². The molecule has 120 valence electrons. The van der Waals surface area contributed by atoms with Gasteiger partial charge in [0.2, 0.25) is 11.8 Å². The summed E-state index contributed by atoms with van der Waals surface area (Å²) in [5, 5.41) is 5.92. The summed E-state index contributed by atoms with van der Waals surface area (Å²) < 4.78 is 0. The van der Waals surface area contributed by atoms with Crippen LogP contribution in [0.25, 0.3) is 0 Å². The molecule has 1 saturated carbocycles. The van der Waals surface area contributed by atoms with Crippen LogP contribution in [0.15, 0.2) is 30.3 Å². The Balaban J connectivity index is 1.75.